The van der Waals surface area contributed by atoms with E-state index in [0.717, 1.165) is 0 Å². The molecule has 2 rings (SSSR count). The number of fused-ring (bicyclic) bond motifs is 1. The van der Waals surface area contributed by atoms with Crippen molar-refractivity contribution in [3.63, 3.8) is 0 Å². The highest BCUT2D eigenvalue weighted by Crippen LogP contribution is 2.35. The van der Waals surface area contributed by atoms with Gasteiger partial charge in [0.2, 0.25) is 10.0 Å². The Bertz CT molecular complexity index is 714. The van der Waals surface area contributed by atoms with Crippen LogP contribution >= 0.6 is 10.7 Å². The monoisotopic (exact) mass is 339 g/mol. The average molecular weight is 340 g/mol. The van der Waals surface area contributed by atoms with Gasteiger partial charge in [0.05, 0.1) is 16.7 Å². The lowest BCUT2D eigenvalue weighted by Crippen LogP contribution is -2.31. The van der Waals surface area contributed by atoms with Crippen molar-refractivity contribution in [1.29, 1.82) is 0 Å². The van der Waals surface area contributed by atoms with Crippen LogP contribution in [-0.4, -0.2) is 29.2 Å². The number of hydrogen-bond donors (Lipinski definition) is 1. The molecule has 0 saturated heterocycles. The normalized spacial score (nSPS) is 18.6. The van der Waals surface area contributed by atoms with Gasteiger partial charge in [0.1, 0.15) is 12.4 Å². The standard InChI is InChI=1S/C11H14ClNO5S2/c1-2-5-19(14,15)13-10-7-18-11-4-3-8(6-9(10)11)20(12,16)17/h3-4,6,10,13H,2,5,7H2,1H3. The fraction of sp³-hybridized carbons (Fsp3) is 0.455. The van der Waals surface area contributed by atoms with E-state index in [2.05, 4.69) is 4.72 Å². The van der Waals surface area contributed by atoms with E-state index in [9.17, 15) is 16.8 Å². The Labute approximate surface area is 122 Å². The highest BCUT2D eigenvalue weighted by molar-refractivity contribution is 8.13. The predicted molar refractivity (Wildman–Crippen MR) is 74.9 cm³/mol. The van der Waals surface area contributed by atoms with Crippen LogP contribution in [0.2, 0.25) is 0 Å². The summed E-state index contributed by atoms with van der Waals surface area (Å²) in [5.74, 6) is 0.463. The molecular weight excluding hydrogens is 326 g/mol. The lowest BCUT2D eigenvalue weighted by atomic mass is 10.1. The van der Waals surface area contributed by atoms with E-state index in [-0.39, 0.29) is 17.3 Å². The number of rotatable bonds is 5. The van der Waals surface area contributed by atoms with Gasteiger partial charge in [-0.25, -0.2) is 21.6 Å². The average Bonchev–Trinajstić information content (AvgIpc) is 2.70. The minimum Gasteiger partial charge on any atom is -0.491 e. The van der Waals surface area contributed by atoms with Crippen molar-refractivity contribution in [3.05, 3.63) is 23.8 Å². The number of benzene rings is 1. The van der Waals surface area contributed by atoms with Crippen LogP contribution in [0, 0.1) is 0 Å². The van der Waals surface area contributed by atoms with Gasteiger partial charge in [-0.05, 0) is 24.6 Å². The van der Waals surface area contributed by atoms with Crippen LogP contribution in [0.4, 0.5) is 0 Å². The highest BCUT2D eigenvalue weighted by Gasteiger charge is 2.29. The van der Waals surface area contributed by atoms with Gasteiger partial charge in [0, 0.05) is 16.2 Å². The smallest absolute Gasteiger partial charge is 0.261 e. The second-order valence-corrected chi connectivity index (χ2v) is 8.88. The zero-order valence-electron chi connectivity index (χ0n) is 10.7. The van der Waals surface area contributed by atoms with Crippen LogP contribution in [0.15, 0.2) is 23.1 Å². The molecule has 0 bridgehead atoms. The minimum atomic E-state index is -3.86. The zero-order valence-corrected chi connectivity index (χ0v) is 13.1. The largest absolute Gasteiger partial charge is 0.491 e. The third-order valence-electron chi connectivity index (χ3n) is 2.84. The molecule has 0 aromatic heterocycles. The number of halogens is 1. The lowest BCUT2D eigenvalue weighted by molar-refractivity contribution is 0.325. The van der Waals surface area contributed by atoms with Gasteiger partial charge < -0.3 is 4.74 Å². The SMILES string of the molecule is CCCS(=O)(=O)NC1COc2ccc(S(=O)(=O)Cl)cc21. The van der Waals surface area contributed by atoms with Crippen molar-refractivity contribution in [2.75, 3.05) is 12.4 Å². The molecule has 1 aliphatic heterocycles. The molecule has 1 aromatic carbocycles. The Balaban J connectivity index is 2.32. The van der Waals surface area contributed by atoms with Gasteiger partial charge in [0.15, 0.2) is 0 Å². The summed E-state index contributed by atoms with van der Waals surface area (Å²) in [7, 11) is -2.00. The zero-order chi connectivity index (χ0) is 15.0. The fourth-order valence-corrected chi connectivity index (χ4v) is 4.06. The first kappa shape index (κ1) is 15.6. The highest BCUT2D eigenvalue weighted by atomic mass is 35.7. The minimum absolute atomic E-state index is 0.00628. The molecule has 1 aliphatic rings. The quantitative estimate of drug-likeness (QED) is 0.818. The van der Waals surface area contributed by atoms with Gasteiger partial charge in [-0.2, -0.15) is 0 Å². The molecule has 112 valence electrons. The Morgan fingerprint density at radius 3 is 2.65 bits per heavy atom. The second-order valence-electron chi connectivity index (χ2n) is 4.44. The summed E-state index contributed by atoms with van der Waals surface area (Å²) >= 11 is 0. The number of sulfonamides is 1. The van der Waals surface area contributed by atoms with Gasteiger partial charge in [-0.1, -0.05) is 6.92 Å². The molecule has 1 atom stereocenters. The van der Waals surface area contributed by atoms with Crippen LogP contribution in [0.5, 0.6) is 5.75 Å². The lowest BCUT2D eigenvalue weighted by Gasteiger charge is -2.12. The summed E-state index contributed by atoms with van der Waals surface area (Å²) < 4.78 is 54.0. The molecule has 0 radical (unpaired) electrons. The first-order valence-corrected chi connectivity index (χ1v) is 9.90. The summed E-state index contributed by atoms with van der Waals surface area (Å²) in [5, 5.41) is 0. The third kappa shape index (κ3) is 3.43. The Morgan fingerprint density at radius 1 is 1.35 bits per heavy atom. The molecule has 0 spiro atoms. The molecule has 1 N–H and O–H groups in total. The molecule has 1 aromatic rings. The first-order valence-electron chi connectivity index (χ1n) is 5.94. The van der Waals surface area contributed by atoms with Crippen molar-refractivity contribution in [1.82, 2.24) is 4.72 Å². The maximum Gasteiger partial charge on any atom is 0.261 e. The number of nitrogens with one attached hydrogen (secondary N) is 1. The van der Waals surface area contributed by atoms with Crippen molar-refractivity contribution in [3.8, 4) is 5.75 Å². The molecule has 6 nitrogen and oxygen atoms in total. The molecule has 0 fully saturated rings. The first-order chi connectivity index (χ1) is 9.23. The van der Waals surface area contributed by atoms with Crippen LogP contribution in [0.3, 0.4) is 0 Å². The maximum atomic E-state index is 11.8. The van der Waals surface area contributed by atoms with E-state index in [1.165, 1.54) is 18.2 Å². The Morgan fingerprint density at radius 2 is 2.05 bits per heavy atom. The van der Waals surface area contributed by atoms with E-state index in [0.29, 0.717) is 17.7 Å². The summed E-state index contributed by atoms with van der Waals surface area (Å²) in [6.07, 6.45) is 0.492. The van der Waals surface area contributed by atoms with Gasteiger partial charge in [-0.15, -0.1) is 0 Å². The van der Waals surface area contributed by atoms with Crippen LogP contribution in [-0.2, 0) is 19.1 Å². The molecule has 0 aliphatic carbocycles. The van der Waals surface area contributed by atoms with E-state index in [4.69, 9.17) is 15.4 Å². The predicted octanol–water partition coefficient (Wildman–Crippen LogP) is 1.38. The van der Waals surface area contributed by atoms with Gasteiger partial charge in [0.25, 0.3) is 9.05 Å². The van der Waals surface area contributed by atoms with Crippen molar-refractivity contribution >= 4 is 29.8 Å². The van der Waals surface area contributed by atoms with E-state index in [1.807, 2.05) is 0 Å². The molecule has 1 unspecified atom stereocenters. The van der Waals surface area contributed by atoms with Crippen molar-refractivity contribution in [2.45, 2.75) is 24.3 Å². The number of ether oxygens (including phenoxy) is 1. The van der Waals surface area contributed by atoms with Crippen LogP contribution in [0.1, 0.15) is 24.9 Å². The summed E-state index contributed by atoms with van der Waals surface area (Å²) in [4.78, 5) is -0.0805. The maximum absolute atomic E-state index is 11.8. The van der Waals surface area contributed by atoms with Crippen LogP contribution in [0.25, 0.3) is 0 Å². The molecule has 9 heteroatoms. The van der Waals surface area contributed by atoms with Gasteiger partial charge in [-0.3, -0.25) is 0 Å². The molecule has 20 heavy (non-hydrogen) atoms. The van der Waals surface area contributed by atoms with Crippen molar-refractivity contribution < 1.29 is 21.6 Å². The summed E-state index contributed by atoms with van der Waals surface area (Å²) in [6, 6.07) is 3.53. The van der Waals surface area contributed by atoms with Crippen LogP contribution < -0.4 is 9.46 Å². The van der Waals surface area contributed by atoms with E-state index >= 15 is 0 Å². The topological polar surface area (TPSA) is 89.5 Å². The second kappa shape index (κ2) is 5.51. The molecule has 0 saturated carbocycles. The van der Waals surface area contributed by atoms with Crippen molar-refractivity contribution in [2.24, 2.45) is 0 Å². The number of hydrogen-bond acceptors (Lipinski definition) is 5. The van der Waals surface area contributed by atoms with E-state index in [1.54, 1.807) is 6.92 Å². The molecule has 0 amide bonds. The Hall–Kier alpha value is -0.830. The Kier molecular flexibility index (Phi) is 4.29. The van der Waals surface area contributed by atoms with Gasteiger partial charge >= 0.3 is 0 Å². The summed E-state index contributed by atoms with van der Waals surface area (Å²) in [6.45, 7) is 1.89. The summed E-state index contributed by atoms with van der Waals surface area (Å²) in [5.41, 5.74) is 0.478. The third-order valence-corrected chi connectivity index (χ3v) is 5.78. The molecular formula is C11H14ClNO5S2. The molecule has 1 heterocycles. The van der Waals surface area contributed by atoms with E-state index < -0.39 is 25.1 Å². The fourth-order valence-electron chi connectivity index (χ4n) is 1.99.